The molecule has 0 radical (unpaired) electrons. The molecule has 0 spiro atoms. The van der Waals surface area contributed by atoms with E-state index in [1.807, 2.05) is 36.9 Å². The van der Waals surface area contributed by atoms with Gasteiger partial charge in [0.05, 0.1) is 0 Å². The molecule has 7 nitrogen and oxygen atoms in total. The number of amides is 1. The molecule has 1 aliphatic heterocycles. The van der Waals surface area contributed by atoms with Crippen molar-refractivity contribution in [3.05, 3.63) is 51.4 Å². The number of rotatable bonds is 5. The van der Waals surface area contributed by atoms with Crippen molar-refractivity contribution in [2.45, 2.75) is 52.5 Å². The predicted molar refractivity (Wildman–Crippen MR) is 116 cm³/mol. The van der Waals surface area contributed by atoms with Crippen molar-refractivity contribution in [3.63, 3.8) is 0 Å². The van der Waals surface area contributed by atoms with Gasteiger partial charge in [0, 0.05) is 24.0 Å². The summed E-state index contributed by atoms with van der Waals surface area (Å²) in [5.74, 6) is -0.0360. The number of aromatic nitrogens is 3. The summed E-state index contributed by atoms with van der Waals surface area (Å²) < 4.78 is 1.35. The SMILES string of the molecule is CCCc1cc(=O)n2nc(N3CCC[C@@H]3C(=O)Nc3c(C)cccc3C)sc2n1. The fourth-order valence-electron chi connectivity index (χ4n) is 3.83. The average molecular weight is 412 g/mol. The van der Waals surface area contributed by atoms with Gasteiger partial charge in [-0.05, 0) is 44.2 Å². The Hall–Kier alpha value is -2.74. The summed E-state index contributed by atoms with van der Waals surface area (Å²) in [5.41, 5.74) is 3.58. The minimum Gasteiger partial charge on any atom is -0.335 e. The van der Waals surface area contributed by atoms with Gasteiger partial charge >= 0.3 is 0 Å². The number of hydrogen-bond donors (Lipinski definition) is 1. The summed E-state index contributed by atoms with van der Waals surface area (Å²) in [4.78, 5) is 32.6. The van der Waals surface area contributed by atoms with Crippen LogP contribution >= 0.6 is 11.3 Å². The molecule has 1 aliphatic rings. The van der Waals surface area contributed by atoms with E-state index in [4.69, 9.17) is 0 Å². The van der Waals surface area contributed by atoms with Crippen molar-refractivity contribution >= 4 is 33.0 Å². The first-order valence-corrected chi connectivity index (χ1v) is 10.8. The second-order valence-electron chi connectivity index (χ2n) is 7.52. The maximum atomic E-state index is 13.1. The summed E-state index contributed by atoms with van der Waals surface area (Å²) in [6.45, 7) is 6.79. The van der Waals surface area contributed by atoms with E-state index >= 15 is 0 Å². The number of anilines is 2. The van der Waals surface area contributed by atoms with Gasteiger partial charge in [-0.15, -0.1) is 5.10 Å². The lowest BCUT2D eigenvalue weighted by Gasteiger charge is -2.23. The second kappa shape index (κ2) is 7.94. The second-order valence-corrected chi connectivity index (χ2v) is 8.46. The molecule has 8 heteroatoms. The molecule has 1 atom stereocenters. The van der Waals surface area contributed by atoms with E-state index in [2.05, 4.69) is 22.3 Å². The number of carbonyl (C=O) groups is 1. The predicted octanol–water partition coefficient (Wildman–Crippen LogP) is 3.33. The molecule has 1 aromatic carbocycles. The Morgan fingerprint density at radius 3 is 2.79 bits per heavy atom. The maximum absolute atomic E-state index is 13.1. The molecule has 1 saturated heterocycles. The summed E-state index contributed by atoms with van der Waals surface area (Å²) in [6.07, 6.45) is 3.37. The molecule has 0 saturated carbocycles. The first-order valence-electron chi connectivity index (χ1n) is 10.0. The molecular formula is C21H25N5O2S. The van der Waals surface area contributed by atoms with Crippen LogP contribution in [0.3, 0.4) is 0 Å². The third-order valence-electron chi connectivity index (χ3n) is 5.32. The van der Waals surface area contributed by atoms with Crippen molar-refractivity contribution in [1.29, 1.82) is 0 Å². The van der Waals surface area contributed by atoms with E-state index in [1.165, 1.54) is 15.9 Å². The molecule has 3 aromatic rings. The van der Waals surface area contributed by atoms with Gasteiger partial charge in [0.15, 0.2) is 0 Å². The van der Waals surface area contributed by atoms with Crippen LogP contribution in [-0.4, -0.2) is 33.1 Å². The summed E-state index contributed by atoms with van der Waals surface area (Å²) in [6, 6.07) is 7.22. The number of fused-ring (bicyclic) bond motifs is 1. The third kappa shape index (κ3) is 3.76. The van der Waals surface area contributed by atoms with E-state index in [-0.39, 0.29) is 17.5 Å². The monoisotopic (exact) mass is 411 g/mol. The lowest BCUT2D eigenvalue weighted by molar-refractivity contribution is -0.117. The number of nitrogens with one attached hydrogen (secondary N) is 1. The zero-order valence-electron chi connectivity index (χ0n) is 16.9. The Bertz CT molecular complexity index is 1100. The largest absolute Gasteiger partial charge is 0.335 e. The number of nitrogens with zero attached hydrogens (tertiary/aromatic N) is 4. The Balaban J connectivity index is 1.62. The van der Waals surface area contributed by atoms with Gasteiger partial charge in [-0.2, -0.15) is 4.52 Å². The smallest absolute Gasteiger partial charge is 0.275 e. The van der Waals surface area contributed by atoms with Crippen molar-refractivity contribution < 1.29 is 4.79 Å². The van der Waals surface area contributed by atoms with Crippen molar-refractivity contribution in [1.82, 2.24) is 14.6 Å². The van der Waals surface area contributed by atoms with Gasteiger partial charge in [0.2, 0.25) is 16.0 Å². The molecule has 4 rings (SSSR count). The number of para-hydroxylation sites is 1. The van der Waals surface area contributed by atoms with Crippen LogP contribution in [0.4, 0.5) is 10.8 Å². The van der Waals surface area contributed by atoms with Crippen LogP contribution in [0.2, 0.25) is 0 Å². The summed E-state index contributed by atoms with van der Waals surface area (Å²) in [7, 11) is 0. The Morgan fingerprint density at radius 2 is 2.07 bits per heavy atom. The van der Waals surface area contributed by atoms with E-state index in [9.17, 15) is 9.59 Å². The van der Waals surface area contributed by atoms with Gasteiger partial charge in [-0.3, -0.25) is 9.59 Å². The quantitative estimate of drug-likeness (QED) is 0.697. The highest BCUT2D eigenvalue weighted by molar-refractivity contribution is 7.20. The lowest BCUT2D eigenvalue weighted by Crippen LogP contribution is -2.40. The molecule has 3 heterocycles. The van der Waals surface area contributed by atoms with Gasteiger partial charge in [0.1, 0.15) is 6.04 Å². The highest BCUT2D eigenvalue weighted by Gasteiger charge is 2.33. The zero-order chi connectivity index (χ0) is 20.5. The highest BCUT2D eigenvalue weighted by Crippen LogP contribution is 2.30. The zero-order valence-corrected chi connectivity index (χ0v) is 17.8. The van der Waals surface area contributed by atoms with E-state index in [0.717, 1.165) is 54.7 Å². The lowest BCUT2D eigenvalue weighted by atomic mass is 10.1. The van der Waals surface area contributed by atoms with Gasteiger partial charge < -0.3 is 10.2 Å². The summed E-state index contributed by atoms with van der Waals surface area (Å²) in [5, 5.41) is 8.25. The molecule has 2 aromatic heterocycles. The summed E-state index contributed by atoms with van der Waals surface area (Å²) >= 11 is 1.37. The fourth-order valence-corrected chi connectivity index (χ4v) is 4.83. The fraction of sp³-hybridized carbons (Fsp3) is 0.429. The molecule has 152 valence electrons. The first kappa shape index (κ1) is 19.6. The van der Waals surface area contributed by atoms with Crippen LogP contribution in [0.15, 0.2) is 29.1 Å². The Labute approximate surface area is 173 Å². The van der Waals surface area contributed by atoms with E-state index in [1.54, 1.807) is 6.07 Å². The maximum Gasteiger partial charge on any atom is 0.275 e. The molecule has 1 fully saturated rings. The normalized spacial score (nSPS) is 16.5. The Morgan fingerprint density at radius 1 is 1.31 bits per heavy atom. The minimum absolute atomic E-state index is 0.0360. The highest BCUT2D eigenvalue weighted by atomic mass is 32.1. The van der Waals surface area contributed by atoms with Crippen molar-refractivity contribution in [2.24, 2.45) is 0 Å². The standard InChI is InChI=1S/C21H25N5O2S/c1-4-7-15-12-17(27)26-20(22-15)29-21(24-26)25-11-6-10-16(25)19(28)23-18-13(2)8-5-9-14(18)3/h5,8-9,12,16H,4,6-7,10-11H2,1-3H3,(H,23,28)/t16-/m1/s1. The third-order valence-corrected chi connectivity index (χ3v) is 6.27. The first-order chi connectivity index (χ1) is 14.0. The minimum atomic E-state index is -0.305. The molecule has 0 aliphatic carbocycles. The van der Waals surface area contributed by atoms with Crippen LogP contribution in [-0.2, 0) is 11.2 Å². The molecule has 0 bridgehead atoms. The topological polar surface area (TPSA) is 79.6 Å². The van der Waals surface area contributed by atoms with Crippen LogP contribution in [0.25, 0.3) is 4.96 Å². The molecular weight excluding hydrogens is 386 g/mol. The van der Waals surface area contributed by atoms with E-state index in [0.29, 0.717) is 10.1 Å². The van der Waals surface area contributed by atoms with Crippen LogP contribution in [0, 0.1) is 13.8 Å². The van der Waals surface area contributed by atoms with Gasteiger partial charge in [0.25, 0.3) is 5.56 Å². The van der Waals surface area contributed by atoms with Gasteiger partial charge in [-0.25, -0.2) is 4.98 Å². The van der Waals surface area contributed by atoms with E-state index < -0.39 is 0 Å². The molecule has 1 amide bonds. The number of aryl methyl sites for hydroxylation is 3. The molecule has 1 N–H and O–H groups in total. The van der Waals surface area contributed by atoms with Crippen molar-refractivity contribution in [2.75, 3.05) is 16.8 Å². The van der Waals surface area contributed by atoms with Crippen molar-refractivity contribution in [3.8, 4) is 0 Å². The Kier molecular flexibility index (Phi) is 5.36. The number of carbonyl (C=O) groups excluding carboxylic acids is 1. The average Bonchev–Trinajstić information content (AvgIpc) is 3.32. The molecule has 0 unspecified atom stereocenters. The number of benzene rings is 1. The van der Waals surface area contributed by atoms with Crippen LogP contribution in [0.1, 0.15) is 43.0 Å². The van der Waals surface area contributed by atoms with Crippen LogP contribution in [0.5, 0.6) is 0 Å². The van der Waals surface area contributed by atoms with Crippen LogP contribution < -0.4 is 15.8 Å². The number of hydrogen-bond acceptors (Lipinski definition) is 6. The molecule has 29 heavy (non-hydrogen) atoms. The van der Waals surface area contributed by atoms with Gasteiger partial charge in [-0.1, -0.05) is 42.9 Å².